The van der Waals surface area contributed by atoms with Crippen molar-refractivity contribution in [2.24, 2.45) is 5.41 Å². The molecular weight excluding hydrogens is 254 g/mol. The molecule has 2 rings (SSSR count). The summed E-state index contributed by atoms with van der Waals surface area (Å²) in [6, 6.07) is 7.35. The number of nitrogens with one attached hydrogen (secondary N) is 1. The molecular formula is C15H19N3O2. The molecule has 1 N–H and O–H groups in total. The molecule has 1 amide bonds. The highest BCUT2D eigenvalue weighted by Gasteiger charge is 2.16. The van der Waals surface area contributed by atoms with Gasteiger partial charge in [0.1, 0.15) is 0 Å². The lowest BCUT2D eigenvalue weighted by Gasteiger charge is -2.17. The first kappa shape index (κ1) is 14.2. The number of aryl methyl sites for hydroxylation is 1. The quantitative estimate of drug-likeness (QED) is 0.930. The van der Waals surface area contributed by atoms with Gasteiger partial charge in [-0.3, -0.25) is 4.79 Å². The minimum atomic E-state index is -0.0225. The van der Waals surface area contributed by atoms with Gasteiger partial charge in [-0.25, -0.2) is 0 Å². The molecule has 1 aromatic heterocycles. The number of benzene rings is 1. The fraction of sp³-hybridized carbons (Fsp3) is 0.400. The molecule has 1 heterocycles. The SMILES string of the molecule is Cc1noc(-c2ccc(NC(=O)CC(C)(C)C)cc2)n1. The molecule has 0 atom stereocenters. The Balaban J connectivity index is 2.03. The third-order valence-corrected chi connectivity index (χ3v) is 2.63. The summed E-state index contributed by atoms with van der Waals surface area (Å²) in [6.45, 7) is 7.88. The maximum atomic E-state index is 11.8. The standard InChI is InChI=1S/C15H19N3O2/c1-10-16-14(20-18-10)11-5-7-12(8-6-11)17-13(19)9-15(2,3)4/h5-8H,9H2,1-4H3,(H,17,19). The van der Waals surface area contributed by atoms with Crippen molar-refractivity contribution >= 4 is 11.6 Å². The van der Waals surface area contributed by atoms with Gasteiger partial charge in [-0.05, 0) is 36.6 Å². The number of carbonyl (C=O) groups excluding carboxylic acids is 1. The molecule has 0 fully saturated rings. The van der Waals surface area contributed by atoms with E-state index in [0.29, 0.717) is 18.1 Å². The monoisotopic (exact) mass is 273 g/mol. The fourth-order valence-corrected chi connectivity index (χ4v) is 1.80. The molecule has 0 radical (unpaired) electrons. The smallest absolute Gasteiger partial charge is 0.257 e. The summed E-state index contributed by atoms with van der Waals surface area (Å²) in [5.41, 5.74) is 1.57. The van der Waals surface area contributed by atoms with Crippen molar-refractivity contribution in [3.8, 4) is 11.5 Å². The van der Waals surface area contributed by atoms with E-state index >= 15 is 0 Å². The highest BCUT2D eigenvalue weighted by Crippen LogP contribution is 2.22. The largest absolute Gasteiger partial charge is 0.334 e. The molecule has 5 nitrogen and oxygen atoms in total. The van der Waals surface area contributed by atoms with Crippen LogP contribution in [-0.4, -0.2) is 16.0 Å². The maximum Gasteiger partial charge on any atom is 0.257 e. The minimum Gasteiger partial charge on any atom is -0.334 e. The third kappa shape index (κ3) is 3.91. The Morgan fingerprint density at radius 2 is 1.90 bits per heavy atom. The number of rotatable bonds is 3. The Labute approximate surface area is 118 Å². The van der Waals surface area contributed by atoms with E-state index in [2.05, 4.69) is 15.5 Å². The summed E-state index contributed by atoms with van der Waals surface area (Å²) in [7, 11) is 0. The third-order valence-electron chi connectivity index (χ3n) is 2.63. The molecule has 0 aliphatic carbocycles. The second-order valence-corrected chi connectivity index (χ2v) is 6.01. The molecule has 0 unspecified atom stereocenters. The van der Waals surface area contributed by atoms with E-state index in [0.717, 1.165) is 11.3 Å². The number of hydrogen-bond donors (Lipinski definition) is 1. The lowest BCUT2D eigenvalue weighted by atomic mass is 9.92. The van der Waals surface area contributed by atoms with Crippen LogP contribution < -0.4 is 5.32 Å². The number of carbonyl (C=O) groups is 1. The van der Waals surface area contributed by atoms with Crippen LogP contribution in [0, 0.1) is 12.3 Å². The maximum absolute atomic E-state index is 11.8. The number of nitrogens with zero attached hydrogens (tertiary/aromatic N) is 2. The van der Waals surface area contributed by atoms with Crippen LogP contribution in [0.25, 0.3) is 11.5 Å². The van der Waals surface area contributed by atoms with Gasteiger partial charge in [-0.15, -0.1) is 0 Å². The van der Waals surface area contributed by atoms with Crippen LogP contribution in [0.2, 0.25) is 0 Å². The number of aromatic nitrogens is 2. The number of anilines is 1. The fourth-order valence-electron chi connectivity index (χ4n) is 1.80. The van der Waals surface area contributed by atoms with Gasteiger partial charge in [0.05, 0.1) is 0 Å². The van der Waals surface area contributed by atoms with E-state index < -0.39 is 0 Å². The highest BCUT2D eigenvalue weighted by atomic mass is 16.5. The van der Waals surface area contributed by atoms with Crippen molar-refractivity contribution in [3.05, 3.63) is 30.1 Å². The van der Waals surface area contributed by atoms with Gasteiger partial charge in [-0.2, -0.15) is 4.98 Å². The van der Waals surface area contributed by atoms with E-state index in [1.165, 1.54) is 0 Å². The summed E-state index contributed by atoms with van der Waals surface area (Å²) in [5.74, 6) is 1.09. The predicted octanol–water partition coefficient (Wildman–Crippen LogP) is 3.42. The Kier molecular flexibility index (Phi) is 3.88. The van der Waals surface area contributed by atoms with E-state index in [1.54, 1.807) is 6.92 Å². The molecule has 106 valence electrons. The van der Waals surface area contributed by atoms with E-state index in [1.807, 2.05) is 45.0 Å². The minimum absolute atomic E-state index is 0.0129. The lowest BCUT2D eigenvalue weighted by molar-refractivity contribution is -0.117. The second kappa shape index (κ2) is 5.45. The van der Waals surface area contributed by atoms with Crippen molar-refractivity contribution in [3.63, 3.8) is 0 Å². The Bertz CT molecular complexity index is 594. The topological polar surface area (TPSA) is 68.0 Å². The summed E-state index contributed by atoms with van der Waals surface area (Å²) >= 11 is 0. The predicted molar refractivity (Wildman–Crippen MR) is 77.2 cm³/mol. The van der Waals surface area contributed by atoms with Crippen LogP contribution in [0.4, 0.5) is 5.69 Å². The van der Waals surface area contributed by atoms with Gasteiger partial charge < -0.3 is 9.84 Å². The Morgan fingerprint density at radius 3 is 2.40 bits per heavy atom. The van der Waals surface area contributed by atoms with Gasteiger partial charge in [0.25, 0.3) is 5.89 Å². The molecule has 0 saturated heterocycles. The molecule has 0 bridgehead atoms. The van der Waals surface area contributed by atoms with Crippen LogP contribution in [0.5, 0.6) is 0 Å². The van der Waals surface area contributed by atoms with E-state index in [4.69, 9.17) is 4.52 Å². The zero-order valence-electron chi connectivity index (χ0n) is 12.2. The average Bonchev–Trinajstić information content (AvgIpc) is 2.74. The molecule has 0 aliphatic rings. The van der Waals surface area contributed by atoms with Crippen LogP contribution in [0.15, 0.2) is 28.8 Å². The van der Waals surface area contributed by atoms with Crippen LogP contribution in [0.1, 0.15) is 33.0 Å². The first-order valence-corrected chi connectivity index (χ1v) is 6.54. The highest BCUT2D eigenvalue weighted by molar-refractivity contribution is 5.91. The van der Waals surface area contributed by atoms with Crippen LogP contribution in [-0.2, 0) is 4.79 Å². The first-order valence-electron chi connectivity index (χ1n) is 6.54. The van der Waals surface area contributed by atoms with Crippen LogP contribution in [0.3, 0.4) is 0 Å². The molecule has 1 aromatic carbocycles. The van der Waals surface area contributed by atoms with Gasteiger partial charge in [0.15, 0.2) is 5.82 Å². The molecule has 0 saturated carbocycles. The first-order chi connectivity index (χ1) is 9.33. The lowest BCUT2D eigenvalue weighted by Crippen LogP contribution is -2.19. The normalized spacial score (nSPS) is 11.4. The molecule has 0 aliphatic heterocycles. The van der Waals surface area contributed by atoms with Gasteiger partial charge in [0, 0.05) is 17.7 Å². The zero-order valence-corrected chi connectivity index (χ0v) is 12.2. The average molecular weight is 273 g/mol. The van der Waals surface area contributed by atoms with Gasteiger partial charge in [0.2, 0.25) is 5.91 Å². The Hall–Kier alpha value is -2.17. The second-order valence-electron chi connectivity index (χ2n) is 6.01. The summed E-state index contributed by atoms with van der Waals surface area (Å²) < 4.78 is 5.09. The molecule has 5 heteroatoms. The van der Waals surface area contributed by atoms with Crippen molar-refractivity contribution in [1.82, 2.24) is 10.1 Å². The van der Waals surface area contributed by atoms with E-state index in [9.17, 15) is 4.79 Å². The number of hydrogen-bond acceptors (Lipinski definition) is 4. The molecule has 20 heavy (non-hydrogen) atoms. The number of amides is 1. The summed E-state index contributed by atoms with van der Waals surface area (Å²) in [5, 5.41) is 6.63. The van der Waals surface area contributed by atoms with Crippen molar-refractivity contribution in [1.29, 1.82) is 0 Å². The molecule has 0 spiro atoms. The van der Waals surface area contributed by atoms with E-state index in [-0.39, 0.29) is 11.3 Å². The molecule has 2 aromatic rings. The zero-order chi connectivity index (χ0) is 14.8. The Morgan fingerprint density at radius 1 is 1.25 bits per heavy atom. The van der Waals surface area contributed by atoms with Gasteiger partial charge >= 0.3 is 0 Å². The summed E-state index contributed by atoms with van der Waals surface area (Å²) in [4.78, 5) is 16.0. The van der Waals surface area contributed by atoms with Crippen LogP contribution >= 0.6 is 0 Å². The van der Waals surface area contributed by atoms with Crippen molar-refractivity contribution in [2.45, 2.75) is 34.1 Å². The summed E-state index contributed by atoms with van der Waals surface area (Å²) in [6.07, 6.45) is 0.484. The van der Waals surface area contributed by atoms with Crippen molar-refractivity contribution < 1.29 is 9.32 Å². The van der Waals surface area contributed by atoms with Gasteiger partial charge in [-0.1, -0.05) is 25.9 Å². The van der Waals surface area contributed by atoms with Crippen molar-refractivity contribution in [2.75, 3.05) is 5.32 Å².